The minimum Gasteiger partial charge on any atom is -0.391 e. The fraction of sp³-hybridized carbons (Fsp3) is 0.520. The van der Waals surface area contributed by atoms with E-state index in [4.69, 9.17) is 4.74 Å². The van der Waals surface area contributed by atoms with Crippen LogP contribution in [0, 0.1) is 18.8 Å². The number of aromatic nitrogens is 2. The van der Waals surface area contributed by atoms with Crippen molar-refractivity contribution >= 4 is 12.0 Å². The molecule has 8 heteroatoms. The SMILES string of the molecule is Cc1cccc(OC(=O)NC23CC4CC(C2)CC(NC(=O)c2cccc(C(C)O)n2)(C4)C3)n1. The summed E-state index contributed by atoms with van der Waals surface area (Å²) in [7, 11) is 0. The Labute approximate surface area is 193 Å². The van der Waals surface area contributed by atoms with Crippen LogP contribution in [0.4, 0.5) is 4.79 Å². The van der Waals surface area contributed by atoms with Crippen molar-refractivity contribution in [3.05, 3.63) is 53.5 Å². The van der Waals surface area contributed by atoms with Crippen molar-refractivity contribution in [3.63, 3.8) is 0 Å². The number of ether oxygens (including phenoxy) is 1. The molecule has 4 aliphatic rings. The Bertz CT molecular complexity index is 1070. The summed E-state index contributed by atoms with van der Waals surface area (Å²) in [6.07, 6.45) is 4.17. The number of nitrogens with one attached hydrogen (secondary N) is 2. The van der Waals surface area contributed by atoms with E-state index in [2.05, 4.69) is 20.6 Å². The number of hydrogen-bond acceptors (Lipinski definition) is 6. The van der Waals surface area contributed by atoms with Gasteiger partial charge >= 0.3 is 6.09 Å². The molecular formula is C25H30N4O4. The Balaban J connectivity index is 1.32. The molecule has 4 bridgehead atoms. The van der Waals surface area contributed by atoms with Gasteiger partial charge in [0.25, 0.3) is 5.91 Å². The molecule has 174 valence electrons. The van der Waals surface area contributed by atoms with Gasteiger partial charge in [-0.25, -0.2) is 14.8 Å². The van der Waals surface area contributed by atoms with Crippen molar-refractivity contribution in [2.45, 2.75) is 69.6 Å². The van der Waals surface area contributed by atoms with E-state index in [9.17, 15) is 14.7 Å². The van der Waals surface area contributed by atoms with Gasteiger partial charge in [-0.3, -0.25) is 4.79 Å². The third kappa shape index (κ3) is 4.44. The number of rotatable bonds is 5. The van der Waals surface area contributed by atoms with Crippen LogP contribution in [0.5, 0.6) is 5.88 Å². The van der Waals surface area contributed by atoms with Crippen LogP contribution in [0.3, 0.4) is 0 Å². The van der Waals surface area contributed by atoms with Crippen LogP contribution in [0.2, 0.25) is 0 Å². The minimum atomic E-state index is -0.737. The monoisotopic (exact) mass is 450 g/mol. The van der Waals surface area contributed by atoms with Crippen LogP contribution in [-0.2, 0) is 0 Å². The molecule has 3 N–H and O–H groups in total. The molecule has 0 aromatic carbocycles. The van der Waals surface area contributed by atoms with Crippen LogP contribution in [0.1, 0.15) is 73.4 Å². The molecule has 4 aliphatic carbocycles. The van der Waals surface area contributed by atoms with E-state index in [0.29, 0.717) is 29.6 Å². The highest BCUT2D eigenvalue weighted by molar-refractivity contribution is 5.93. The summed E-state index contributed by atoms with van der Waals surface area (Å²) in [5.74, 6) is 0.937. The summed E-state index contributed by atoms with van der Waals surface area (Å²) in [6.45, 7) is 3.48. The number of amides is 2. The van der Waals surface area contributed by atoms with Crippen molar-refractivity contribution in [2.75, 3.05) is 0 Å². The third-order valence-electron chi connectivity index (χ3n) is 7.30. The maximum atomic E-state index is 13.1. The molecule has 2 amide bonds. The molecule has 8 nitrogen and oxygen atoms in total. The average Bonchev–Trinajstić information content (AvgIpc) is 2.72. The topological polar surface area (TPSA) is 113 Å². The number of nitrogens with zero attached hydrogens (tertiary/aromatic N) is 2. The standard InChI is InChI=1S/C25H30N4O4/c1-15-5-3-8-21(26-15)33-23(32)29-25-12-17-9-18(13-25)11-24(10-17,14-25)28-22(31)20-7-4-6-19(27-20)16(2)30/h3-8,16-18,30H,9-14H2,1-2H3,(H,28,31)(H,29,32). The smallest absolute Gasteiger partial charge is 0.391 e. The first-order valence-corrected chi connectivity index (χ1v) is 11.6. The quantitative estimate of drug-likeness (QED) is 0.643. The van der Waals surface area contributed by atoms with Gasteiger partial charge in [0.05, 0.1) is 11.8 Å². The molecule has 0 saturated heterocycles. The summed E-state index contributed by atoms with van der Waals surface area (Å²) in [5.41, 5.74) is 0.783. The second kappa shape index (κ2) is 8.09. The highest BCUT2D eigenvalue weighted by Gasteiger charge is 2.59. The van der Waals surface area contributed by atoms with Gasteiger partial charge < -0.3 is 20.5 Å². The number of aryl methyl sites for hydroxylation is 1. The molecule has 0 spiro atoms. The van der Waals surface area contributed by atoms with Crippen LogP contribution < -0.4 is 15.4 Å². The third-order valence-corrected chi connectivity index (χ3v) is 7.30. The Hall–Kier alpha value is -3.00. The van der Waals surface area contributed by atoms with E-state index < -0.39 is 17.7 Å². The van der Waals surface area contributed by atoms with E-state index in [1.165, 1.54) is 0 Å². The average molecular weight is 451 g/mol. The van der Waals surface area contributed by atoms with Gasteiger partial charge in [0.1, 0.15) is 5.69 Å². The maximum absolute atomic E-state index is 13.1. The Morgan fingerprint density at radius 1 is 1.03 bits per heavy atom. The largest absolute Gasteiger partial charge is 0.414 e. The van der Waals surface area contributed by atoms with E-state index >= 15 is 0 Å². The molecule has 2 aromatic rings. The van der Waals surface area contributed by atoms with Gasteiger partial charge in [0.2, 0.25) is 5.88 Å². The first kappa shape index (κ1) is 21.8. The predicted octanol–water partition coefficient (Wildman–Crippen LogP) is 3.45. The Kier molecular flexibility index (Phi) is 5.35. The molecule has 3 unspecified atom stereocenters. The molecular weight excluding hydrogens is 420 g/mol. The van der Waals surface area contributed by atoms with Gasteiger partial charge in [-0.15, -0.1) is 0 Å². The van der Waals surface area contributed by atoms with Gasteiger partial charge in [-0.2, -0.15) is 0 Å². The highest BCUT2D eigenvalue weighted by Crippen LogP contribution is 2.57. The molecule has 4 fully saturated rings. The molecule has 2 heterocycles. The second-order valence-electron chi connectivity index (χ2n) is 10.2. The fourth-order valence-electron chi connectivity index (χ4n) is 6.58. The van der Waals surface area contributed by atoms with Crippen LogP contribution in [0.25, 0.3) is 0 Å². The van der Waals surface area contributed by atoms with Crippen molar-refractivity contribution in [1.82, 2.24) is 20.6 Å². The van der Waals surface area contributed by atoms with Crippen LogP contribution in [0.15, 0.2) is 36.4 Å². The zero-order chi connectivity index (χ0) is 23.2. The fourth-order valence-corrected chi connectivity index (χ4v) is 6.58. The zero-order valence-electron chi connectivity index (χ0n) is 19.0. The number of carbonyl (C=O) groups is 2. The van der Waals surface area contributed by atoms with Gasteiger partial charge in [0, 0.05) is 22.8 Å². The zero-order valence-corrected chi connectivity index (χ0v) is 19.0. The second-order valence-corrected chi connectivity index (χ2v) is 10.2. The van der Waals surface area contributed by atoms with Gasteiger partial charge in [-0.05, 0) is 82.4 Å². The number of pyridine rings is 2. The normalized spacial score (nSPS) is 30.5. The first-order valence-electron chi connectivity index (χ1n) is 11.6. The first-order chi connectivity index (χ1) is 15.7. The molecule has 3 atom stereocenters. The number of aliphatic hydroxyl groups excluding tert-OH is 1. The highest BCUT2D eigenvalue weighted by atomic mass is 16.6. The predicted molar refractivity (Wildman–Crippen MR) is 121 cm³/mol. The lowest BCUT2D eigenvalue weighted by atomic mass is 9.50. The number of aliphatic hydroxyl groups is 1. The molecule has 6 rings (SSSR count). The van der Waals surface area contributed by atoms with E-state index in [-0.39, 0.29) is 17.3 Å². The Morgan fingerprint density at radius 2 is 1.70 bits per heavy atom. The lowest BCUT2D eigenvalue weighted by Gasteiger charge is -2.61. The number of hydrogen-bond donors (Lipinski definition) is 3. The summed E-state index contributed by atoms with van der Waals surface area (Å²) in [4.78, 5) is 34.5. The molecule has 2 aromatic heterocycles. The lowest BCUT2D eigenvalue weighted by molar-refractivity contribution is -0.0450. The summed E-state index contributed by atoms with van der Waals surface area (Å²) >= 11 is 0. The van der Waals surface area contributed by atoms with E-state index in [1.807, 2.05) is 13.0 Å². The Morgan fingerprint density at radius 3 is 2.36 bits per heavy atom. The van der Waals surface area contributed by atoms with Crippen LogP contribution >= 0.6 is 0 Å². The summed E-state index contributed by atoms with van der Waals surface area (Å²) < 4.78 is 5.47. The number of carbonyl (C=O) groups excluding carboxylic acids is 2. The van der Waals surface area contributed by atoms with Gasteiger partial charge in [-0.1, -0.05) is 12.1 Å². The van der Waals surface area contributed by atoms with Gasteiger partial charge in [0.15, 0.2) is 0 Å². The summed E-state index contributed by atoms with van der Waals surface area (Å²) in [6, 6.07) is 10.4. The van der Waals surface area contributed by atoms with E-state index in [1.54, 1.807) is 37.3 Å². The summed E-state index contributed by atoms with van der Waals surface area (Å²) in [5, 5.41) is 16.2. The molecule has 0 aliphatic heterocycles. The molecule has 4 saturated carbocycles. The minimum absolute atomic E-state index is 0.235. The maximum Gasteiger partial charge on any atom is 0.414 e. The van der Waals surface area contributed by atoms with E-state index in [0.717, 1.165) is 37.8 Å². The van der Waals surface area contributed by atoms with Crippen molar-refractivity contribution in [3.8, 4) is 5.88 Å². The van der Waals surface area contributed by atoms with Crippen molar-refractivity contribution in [2.24, 2.45) is 11.8 Å². The van der Waals surface area contributed by atoms with Crippen molar-refractivity contribution < 1.29 is 19.4 Å². The molecule has 0 radical (unpaired) electrons. The lowest BCUT2D eigenvalue weighted by Crippen LogP contribution is -2.70. The van der Waals surface area contributed by atoms with Crippen molar-refractivity contribution in [1.29, 1.82) is 0 Å². The van der Waals surface area contributed by atoms with Crippen LogP contribution in [-0.4, -0.2) is 38.2 Å². The molecule has 33 heavy (non-hydrogen) atoms.